The lowest BCUT2D eigenvalue weighted by atomic mass is 10.2. The molecule has 4 heteroatoms. The molecular weight excluding hydrogens is 197 g/mol. The van der Waals surface area contributed by atoms with Gasteiger partial charge in [0.25, 0.3) is 0 Å². The Kier molecular flexibility index (Phi) is 1.70. The number of nitrogens with two attached hydrogens (primary N) is 1. The number of nitrogen functional groups attached to an aromatic ring is 1. The van der Waals surface area contributed by atoms with Crippen LogP contribution in [0.2, 0.25) is 5.02 Å². The summed E-state index contributed by atoms with van der Waals surface area (Å²) >= 11 is 7.02. The molecule has 0 saturated carbocycles. The summed E-state index contributed by atoms with van der Waals surface area (Å²) in [5, 5.41) is 1.70. The van der Waals surface area contributed by atoms with E-state index in [9.17, 15) is 4.39 Å². The number of fused-ring (bicyclic) bond motifs is 1. The third-order valence-electron chi connectivity index (χ3n) is 1.60. The van der Waals surface area contributed by atoms with E-state index in [4.69, 9.17) is 17.3 Å². The molecule has 1 nitrogen and oxygen atoms in total. The van der Waals surface area contributed by atoms with Crippen LogP contribution in [-0.2, 0) is 0 Å². The summed E-state index contributed by atoms with van der Waals surface area (Å²) in [6.45, 7) is 0. The number of halogens is 2. The van der Waals surface area contributed by atoms with Gasteiger partial charge in [0, 0.05) is 0 Å². The molecule has 1 aromatic heterocycles. The van der Waals surface area contributed by atoms with Crippen molar-refractivity contribution in [3.8, 4) is 0 Å². The summed E-state index contributed by atoms with van der Waals surface area (Å²) in [5.74, 6) is -0.397. The summed E-state index contributed by atoms with van der Waals surface area (Å²) in [5.41, 5.74) is 5.55. The van der Waals surface area contributed by atoms with Gasteiger partial charge in [-0.1, -0.05) is 17.7 Å². The highest BCUT2D eigenvalue weighted by molar-refractivity contribution is 7.23. The molecule has 2 aromatic rings. The van der Waals surface area contributed by atoms with Crippen molar-refractivity contribution in [1.82, 2.24) is 0 Å². The Morgan fingerprint density at radius 1 is 1.42 bits per heavy atom. The van der Waals surface area contributed by atoms with E-state index < -0.39 is 5.82 Å². The van der Waals surface area contributed by atoms with Gasteiger partial charge in [-0.05, 0) is 17.5 Å². The average molecular weight is 202 g/mol. The maximum Gasteiger partial charge on any atom is 0.143 e. The summed E-state index contributed by atoms with van der Waals surface area (Å²) < 4.78 is 13.6. The van der Waals surface area contributed by atoms with Crippen LogP contribution in [0.5, 0.6) is 0 Å². The zero-order valence-electron chi connectivity index (χ0n) is 5.97. The lowest BCUT2D eigenvalue weighted by Gasteiger charge is -1.93. The van der Waals surface area contributed by atoms with Gasteiger partial charge in [-0.15, -0.1) is 11.3 Å². The van der Waals surface area contributed by atoms with Crippen molar-refractivity contribution in [3.05, 3.63) is 29.0 Å². The quantitative estimate of drug-likeness (QED) is 0.696. The molecule has 1 heterocycles. The highest BCUT2D eigenvalue weighted by Crippen LogP contribution is 2.34. The fraction of sp³-hybridized carbons (Fsp3) is 0. The van der Waals surface area contributed by atoms with Crippen molar-refractivity contribution < 1.29 is 4.39 Å². The van der Waals surface area contributed by atoms with E-state index in [0.29, 0.717) is 9.70 Å². The monoisotopic (exact) mass is 201 g/mol. The fourth-order valence-corrected chi connectivity index (χ4v) is 2.21. The van der Waals surface area contributed by atoms with Crippen molar-refractivity contribution in [2.75, 3.05) is 5.73 Å². The van der Waals surface area contributed by atoms with E-state index in [1.165, 1.54) is 17.4 Å². The summed E-state index contributed by atoms with van der Waals surface area (Å²) in [4.78, 5) is 0. The third-order valence-corrected chi connectivity index (χ3v) is 3.08. The van der Waals surface area contributed by atoms with Gasteiger partial charge in [-0.2, -0.15) is 0 Å². The molecule has 0 bridgehead atoms. The van der Waals surface area contributed by atoms with E-state index in [0.717, 1.165) is 5.39 Å². The Balaban J connectivity index is 2.89. The van der Waals surface area contributed by atoms with Crippen LogP contribution >= 0.6 is 22.9 Å². The number of anilines is 1. The highest BCUT2D eigenvalue weighted by Gasteiger charge is 2.07. The zero-order chi connectivity index (χ0) is 8.72. The smallest absolute Gasteiger partial charge is 0.143 e. The molecule has 62 valence electrons. The first-order chi connectivity index (χ1) is 5.68. The lowest BCUT2D eigenvalue weighted by molar-refractivity contribution is 0.630. The molecule has 0 spiro atoms. The standard InChI is InChI=1S/C8H5ClFNS/c9-7-5(10)2-1-4-3-6(11)12-8(4)7/h1-3H,11H2. The number of hydrogen-bond donors (Lipinski definition) is 1. The van der Waals surface area contributed by atoms with Gasteiger partial charge in [0.1, 0.15) is 5.82 Å². The second-order valence-corrected chi connectivity index (χ2v) is 3.89. The lowest BCUT2D eigenvalue weighted by Crippen LogP contribution is -1.73. The van der Waals surface area contributed by atoms with Gasteiger partial charge in [0.05, 0.1) is 14.7 Å². The van der Waals surface area contributed by atoms with E-state index in [1.54, 1.807) is 12.1 Å². The SMILES string of the molecule is Nc1cc2ccc(F)c(Cl)c2s1. The molecule has 0 aliphatic carbocycles. The largest absolute Gasteiger partial charge is 0.391 e. The summed E-state index contributed by atoms with van der Waals surface area (Å²) in [6, 6.07) is 4.80. The van der Waals surface area contributed by atoms with E-state index in [1.807, 2.05) is 0 Å². The first kappa shape index (κ1) is 7.83. The minimum atomic E-state index is -0.397. The highest BCUT2D eigenvalue weighted by atomic mass is 35.5. The van der Waals surface area contributed by atoms with Crippen LogP contribution in [0, 0.1) is 5.82 Å². The molecule has 12 heavy (non-hydrogen) atoms. The molecule has 0 saturated heterocycles. The van der Waals surface area contributed by atoms with E-state index in [-0.39, 0.29) is 5.02 Å². The number of hydrogen-bond acceptors (Lipinski definition) is 2. The van der Waals surface area contributed by atoms with E-state index in [2.05, 4.69) is 0 Å². The molecule has 0 aliphatic rings. The van der Waals surface area contributed by atoms with Crippen molar-refractivity contribution in [3.63, 3.8) is 0 Å². The number of benzene rings is 1. The van der Waals surface area contributed by atoms with Gasteiger partial charge < -0.3 is 5.73 Å². The molecule has 0 unspecified atom stereocenters. The van der Waals surface area contributed by atoms with Crippen LogP contribution in [0.15, 0.2) is 18.2 Å². The normalized spacial score (nSPS) is 10.8. The predicted octanol–water partition coefficient (Wildman–Crippen LogP) is 3.28. The second-order valence-electron chi connectivity index (χ2n) is 2.43. The van der Waals surface area contributed by atoms with Crippen LogP contribution in [-0.4, -0.2) is 0 Å². The Hall–Kier alpha value is -0.800. The average Bonchev–Trinajstić information content (AvgIpc) is 2.39. The summed E-state index contributed by atoms with van der Waals surface area (Å²) in [7, 11) is 0. The van der Waals surface area contributed by atoms with Gasteiger partial charge in [0.15, 0.2) is 0 Å². The minimum Gasteiger partial charge on any atom is -0.391 e. The Morgan fingerprint density at radius 3 is 2.92 bits per heavy atom. The number of thiophene rings is 1. The molecule has 0 aliphatic heterocycles. The number of rotatable bonds is 0. The van der Waals surface area contributed by atoms with E-state index >= 15 is 0 Å². The first-order valence-electron chi connectivity index (χ1n) is 3.31. The zero-order valence-corrected chi connectivity index (χ0v) is 7.55. The van der Waals surface area contributed by atoms with Crippen LogP contribution in [0.4, 0.5) is 9.39 Å². The molecule has 1 aromatic carbocycles. The Bertz CT molecular complexity index is 438. The van der Waals surface area contributed by atoms with Crippen LogP contribution in [0.1, 0.15) is 0 Å². The maximum absolute atomic E-state index is 12.9. The van der Waals surface area contributed by atoms with Crippen molar-refractivity contribution in [1.29, 1.82) is 0 Å². The first-order valence-corrected chi connectivity index (χ1v) is 4.51. The van der Waals surface area contributed by atoms with Gasteiger partial charge in [-0.3, -0.25) is 0 Å². The predicted molar refractivity (Wildman–Crippen MR) is 51.2 cm³/mol. The van der Waals surface area contributed by atoms with Crippen LogP contribution < -0.4 is 5.73 Å². The Morgan fingerprint density at radius 2 is 2.17 bits per heavy atom. The molecule has 2 N–H and O–H groups in total. The molecule has 0 radical (unpaired) electrons. The van der Waals surface area contributed by atoms with Gasteiger partial charge >= 0.3 is 0 Å². The van der Waals surface area contributed by atoms with Crippen LogP contribution in [0.3, 0.4) is 0 Å². The second kappa shape index (κ2) is 2.61. The van der Waals surface area contributed by atoms with Crippen LogP contribution in [0.25, 0.3) is 10.1 Å². The molecule has 0 amide bonds. The van der Waals surface area contributed by atoms with Crippen molar-refractivity contribution in [2.45, 2.75) is 0 Å². The van der Waals surface area contributed by atoms with Gasteiger partial charge in [-0.25, -0.2) is 4.39 Å². The maximum atomic E-state index is 12.9. The molecule has 0 fully saturated rings. The topological polar surface area (TPSA) is 26.0 Å². The third kappa shape index (κ3) is 1.06. The van der Waals surface area contributed by atoms with Crippen molar-refractivity contribution >= 4 is 38.0 Å². The summed E-state index contributed by atoms with van der Waals surface area (Å²) in [6.07, 6.45) is 0. The molecule has 2 rings (SSSR count). The molecular formula is C8H5ClFNS. The molecule has 0 atom stereocenters. The Labute approximate surface area is 77.6 Å². The van der Waals surface area contributed by atoms with Gasteiger partial charge in [0.2, 0.25) is 0 Å². The minimum absolute atomic E-state index is 0.161. The fourth-order valence-electron chi connectivity index (χ4n) is 1.06. The van der Waals surface area contributed by atoms with Crippen molar-refractivity contribution in [2.24, 2.45) is 0 Å².